The van der Waals surface area contributed by atoms with Crippen LogP contribution < -0.4 is 4.72 Å². The normalized spacial score (nSPS) is 18.9. The van der Waals surface area contributed by atoms with Crippen molar-refractivity contribution in [2.75, 3.05) is 24.8 Å². The van der Waals surface area contributed by atoms with Gasteiger partial charge in [-0.1, -0.05) is 28.8 Å². The van der Waals surface area contributed by atoms with Crippen molar-refractivity contribution in [2.24, 2.45) is 0 Å². The number of alkyl halides is 1. The van der Waals surface area contributed by atoms with Crippen molar-refractivity contribution in [1.29, 1.82) is 0 Å². The third kappa shape index (κ3) is 4.80. The fraction of sp³-hybridized carbons (Fsp3) is 1.00. The summed E-state index contributed by atoms with van der Waals surface area (Å²) in [5.74, 6) is 0. The van der Waals surface area contributed by atoms with Crippen LogP contribution in [0.3, 0.4) is 0 Å². The van der Waals surface area contributed by atoms with Crippen molar-refractivity contribution in [1.82, 2.24) is 9.62 Å². The van der Waals surface area contributed by atoms with Gasteiger partial charge in [0, 0.05) is 19.1 Å². The van der Waals surface area contributed by atoms with Crippen LogP contribution in [-0.4, -0.2) is 44.2 Å². The van der Waals surface area contributed by atoms with Crippen molar-refractivity contribution in [2.45, 2.75) is 31.7 Å². The molecule has 0 bridgehead atoms. The zero-order valence-electron chi connectivity index (χ0n) is 9.08. The summed E-state index contributed by atoms with van der Waals surface area (Å²) in [5, 5.41) is 0. The quantitative estimate of drug-likeness (QED) is 0.748. The van der Waals surface area contributed by atoms with Crippen LogP contribution in [0.4, 0.5) is 0 Å². The van der Waals surface area contributed by atoms with Gasteiger partial charge in [0.2, 0.25) is 10.0 Å². The highest BCUT2D eigenvalue weighted by Crippen LogP contribution is 2.21. The first-order valence-electron chi connectivity index (χ1n) is 5.29. The van der Waals surface area contributed by atoms with E-state index in [2.05, 4.69) is 32.6 Å². The molecule has 0 atom stereocenters. The molecule has 1 rings (SSSR count). The van der Waals surface area contributed by atoms with Crippen LogP contribution in [0.2, 0.25) is 0 Å². The van der Waals surface area contributed by atoms with Crippen molar-refractivity contribution < 1.29 is 8.42 Å². The molecule has 1 saturated carbocycles. The summed E-state index contributed by atoms with van der Waals surface area (Å²) >= 11 is 2.94. The largest absolute Gasteiger partial charge is 0.302 e. The van der Waals surface area contributed by atoms with E-state index < -0.39 is 10.0 Å². The maximum absolute atomic E-state index is 11.1. The summed E-state index contributed by atoms with van der Waals surface area (Å²) in [7, 11) is -1.03. The van der Waals surface area contributed by atoms with Gasteiger partial charge in [-0.3, -0.25) is 0 Å². The average molecular weight is 299 g/mol. The van der Waals surface area contributed by atoms with Crippen LogP contribution in [0.25, 0.3) is 0 Å². The summed E-state index contributed by atoms with van der Waals surface area (Å²) < 4.78 is 24.8. The fourth-order valence-electron chi connectivity index (χ4n) is 1.94. The standard InChI is InChI=1S/C9H19BrN2O2S/c1-12(9-4-2-3-5-9)7-6-11-15(13,14)8-10/h9,11H,2-8H2,1H3. The van der Waals surface area contributed by atoms with Gasteiger partial charge in [-0.15, -0.1) is 0 Å². The Kier molecular flexibility index (Phi) is 5.52. The molecule has 4 nitrogen and oxygen atoms in total. The summed E-state index contributed by atoms with van der Waals surface area (Å²) in [6, 6.07) is 0.651. The first-order chi connectivity index (χ1) is 7.05. The minimum absolute atomic E-state index is 0.0207. The fourth-order valence-corrected chi connectivity index (χ4v) is 2.91. The summed E-state index contributed by atoms with van der Waals surface area (Å²) in [4.78, 5) is 2.25. The van der Waals surface area contributed by atoms with Crippen molar-refractivity contribution in [3.8, 4) is 0 Å². The highest BCUT2D eigenvalue weighted by Gasteiger charge is 2.19. The molecule has 0 aromatic carbocycles. The van der Waals surface area contributed by atoms with Gasteiger partial charge in [-0.25, -0.2) is 13.1 Å². The molecule has 1 aliphatic carbocycles. The molecule has 6 heteroatoms. The van der Waals surface area contributed by atoms with Crippen molar-refractivity contribution in [3.05, 3.63) is 0 Å². The van der Waals surface area contributed by atoms with E-state index in [-0.39, 0.29) is 4.66 Å². The molecule has 0 unspecified atom stereocenters. The summed E-state index contributed by atoms with van der Waals surface area (Å²) in [6.07, 6.45) is 5.12. The number of halogens is 1. The van der Waals surface area contributed by atoms with Crippen LogP contribution in [0.1, 0.15) is 25.7 Å². The Morgan fingerprint density at radius 3 is 2.53 bits per heavy atom. The van der Waals surface area contributed by atoms with Crippen LogP contribution in [0.15, 0.2) is 0 Å². The molecule has 0 aliphatic heterocycles. The Labute approximate surface area is 101 Å². The van der Waals surface area contributed by atoms with Gasteiger partial charge in [-0.05, 0) is 19.9 Å². The van der Waals surface area contributed by atoms with Crippen LogP contribution >= 0.6 is 15.9 Å². The molecule has 1 fully saturated rings. The van der Waals surface area contributed by atoms with E-state index in [9.17, 15) is 8.42 Å². The smallest absolute Gasteiger partial charge is 0.221 e. The molecule has 0 amide bonds. The van der Waals surface area contributed by atoms with Gasteiger partial charge < -0.3 is 4.90 Å². The second kappa shape index (κ2) is 6.18. The topological polar surface area (TPSA) is 49.4 Å². The number of hydrogen-bond acceptors (Lipinski definition) is 3. The number of hydrogen-bond donors (Lipinski definition) is 1. The van der Waals surface area contributed by atoms with Gasteiger partial charge in [0.25, 0.3) is 0 Å². The summed E-state index contributed by atoms with van der Waals surface area (Å²) in [5.41, 5.74) is 0. The van der Waals surface area contributed by atoms with E-state index in [0.29, 0.717) is 12.6 Å². The lowest BCUT2D eigenvalue weighted by molar-refractivity contribution is 0.250. The maximum Gasteiger partial charge on any atom is 0.221 e. The first-order valence-corrected chi connectivity index (χ1v) is 8.06. The summed E-state index contributed by atoms with van der Waals surface area (Å²) in [6.45, 7) is 1.29. The third-order valence-corrected chi connectivity index (χ3v) is 5.62. The molecule has 1 N–H and O–H groups in total. The Bertz CT molecular complexity index is 276. The number of sulfonamides is 1. The van der Waals surface area contributed by atoms with Gasteiger partial charge >= 0.3 is 0 Å². The van der Waals surface area contributed by atoms with Crippen molar-refractivity contribution >= 4 is 26.0 Å². The van der Waals surface area contributed by atoms with Crippen molar-refractivity contribution in [3.63, 3.8) is 0 Å². The van der Waals surface area contributed by atoms with Gasteiger partial charge in [0.1, 0.15) is 4.66 Å². The van der Waals surface area contributed by atoms with E-state index in [1.807, 2.05) is 0 Å². The zero-order chi connectivity index (χ0) is 11.3. The van der Waals surface area contributed by atoms with E-state index in [1.54, 1.807) is 0 Å². The highest BCUT2D eigenvalue weighted by molar-refractivity contribution is 9.10. The predicted octanol–water partition coefficient (Wildman–Crippen LogP) is 1.13. The number of nitrogens with zero attached hydrogens (tertiary/aromatic N) is 1. The molecule has 0 spiro atoms. The minimum Gasteiger partial charge on any atom is -0.302 e. The molecular weight excluding hydrogens is 280 g/mol. The van der Waals surface area contributed by atoms with Gasteiger partial charge in [0.05, 0.1) is 0 Å². The van der Waals surface area contributed by atoms with E-state index in [1.165, 1.54) is 25.7 Å². The molecule has 15 heavy (non-hydrogen) atoms. The molecule has 0 saturated heterocycles. The molecular formula is C9H19BrN2O2S. The third-order valence-electron chi connectivity index (χ3n) is 2.88. The van der Waals surface area contributed by atoms with Crippen LogP contribution in [0.5, 0.6) is 0 Å². The van der Waals surface area contributed by atoms with E-state index in [0.717, 1.165) is 6.54 Å². The number of nitrogens with one attached hydrogen (secondary N) is 1. The van der Waals surface area contributed by atoms with Crippen LogP contribution in [0, 0.1) is 0 Å². The Hall–Kier alpha value is 0.350. The molecule has 90 valence electrons. The minimum atomic E-state index is -3.10. The maximum atomic E-state index is 11.1. The molecule has 0 heterocycles. The van der Waals surface area contributed by atoms with Gasteiger partial charge in [-0.2, -0.15) is 0 Å². The van der Waals surface area contributed by atoms with Gasteiger partial charge in [0.15, 0.2) is 0 Å². The predicted molar refractivity (Wildman–Crippen MR) is 65.6 cm³/mol. The lowest BCUT2D eigenvalue weighted by Crippen LogP contribution is -2.37. The van der Waals surface area contributed by atoms with Crippen LogP contribution in [-0.2, 0) is 10.0 Å². The van der Waals surface area contributed by atoms with E-state index in [4.69, 9.17) is 0 Å². The first kappa shape index (κ1) is 13.4. The number of likely N-dealkylation sites (N-methyl/N-ethyl adjacent to an activating group) is 1. The Balaban J connectivity index is 2.19. The lowest BCUT2D eigenvalue weighted by atomic mass is 10.2. The molecule has 0 aromatic rings. The molecule has 0 aromatic heterocycles. The average Bonchev–Trinajstić information content (AvgIpc) is 2.70. The molecule has 0 radical (unpaired) electrons. The Morgan fingerprint density at radius 2 is 2.00 bits per heavy atom. The zero-order valence-corrected chi connectivity index (χ0v) is 11.5. The lowest BCUT2D eigenvalue weighted by Gasteiger charge is -2.23. The molecule has 1 aliphatic rings. The highest BCUT2D eigenvalue weighted by atomic mass is 79.9. The Morgan fingerprint density at radius 1 is 1.40 bits per heavy atom. The monoisotopic (exact) mass is 298 g/mol. The number of rotatable bonds is 6. The SMILES string of the molecule is CN(CCNS(=O)(=O)CBr)C1CCCC1. The second-order valence-electron chi connectivity index (χ2n) is 4.04. The second-order valence-corrected chi connectivity index (χ2v) is 7.15. The van der Waals surface area contributed by atoms with E-state index >= 15 is 0 Å².